The molecule has 1 aliphatic rings. The van der Waals surface area contributed by atoms with Crippen LogP contribution in [0.4, 0.5) is 14.6 Å². The average molecular weight is 531 g/mol. The molecule has 0 amide bonds. The second kappa shape index (κ2) is 9.97. The lowest BCUT2D eigenvalue weighted by Gasteiger charge is -2.25. The molecule has 33 heavy (non-hydrogen) atoms. The van der Waals surface area contributed by atoms with Crippen molar-refractivity contribution < 1.29 is 21.9 Å². The minimum absolute atomic E-state index is 0.0313. The Morgan fingerprint density at radius 3 is 2.70 bits per heavy atom. The third-order valence-corrected chi connectivity index (χ3v) is 7.74. The first-order valence-corrected chi connectivity index (χ1v) is 13.1. The summed E-state index contributed by atoms with van der Waals surface area (Å²) in [7, 11) is -4.21. The summed E-state index contributed by atoms with van der Waals surface area (Å²) in [5.74, 6) is -1.42. The predicted octanol–water partition coefficient (Wildman–Crippen LogP) is 6.79. The number of halogens is 4. The molecule has 1 N–H and O–H groups in total. The largest absolute Gasteiger partial charge is 0.491 e. The molecule has 174 valence electrons. The van der Waals surface area contributed by atoms with E-state index in [-0.39, 0.29) is 34.1 Å². The van der Waals surface area contributed by atoms with Crippen LogP contribution >= 0.6 is 34.5 Å². The molecular formula is C22H18Cl2F2N2O3S2. The van der Waals surface area contributed by atoms with Gasteiger partial charge in [-0.1, -0.05) is 35.3 Å². The van der Waals surface area contributed by atoms with Crippen molar-refractivity contribution >= 4 is 56.0 Å². The number of hydrogen-bond donors (Lipinski definition) is 1. The van der Waals surface area contributed by atoms with Crippen molar-refractivity contribution in [1.82, 2.24) is 4.98 Å². The van der Waals surface area contributed by atoms with Gasteiger partial charge in [0.25, 0.3) is 10.0 Å². The van der Waals surface area contributed by atoms with Crippen LogP contribution < -0.4 is 9.46 Å². The monoisotopic (exact) mass is 530 g/mol. The Morgan fingerprint density at radius 2 is 1.97 bits per heavy atom. The van der Waals surface area contributed by atoms with Gasteiger partial charge in [-0.25, -0.2) is 22.2 Å². The molecule has 0 bridgehead atoms. The molecule has 0 aliphatic heterocycles. The van der Waals surface area contributed by atoms with Gasteiger partial charge in [0.15, 0.2) is 5.82 Å². The van der Waals surface area contributed by atoms with Crippen LogP contribution in [0, 0.1) is 17.6 Å². The minimum Gasteiger partial charge on any atom is -0.491 e. The number of anilines is 1. The number of sulfonamides is 1. The van der Waals surface area contributed by atoms with Crippen LogP contribution in [0.15, 0.2) is 52.2 Å². The van der Waals surface area contributed by atoms with E-state index in [2.05, 4.69) is 15.8 Å². The van der Waals surface area contributed by atoms with E-state index in [1.807, 2.05) is 0 Å². The number of nitrogens with zero attached hydrogens (tertiary/aromatic N) is 1. The Labute approximate surface area is 204 Å². The topological polar surface area (TPSA) is 68.3 Å². The SMILES string of the molecule is O=S(=O)(Nc1cscn1)c1cc(Cl)c(OCC2CCCC=C2c2ccc(F)c(Cl)c2)cc1F. The third-order valence-electron chi connectivity index (χ3n) is 5.20. The zero-order valence-corrected chi connectivity index (χ0v) is 20.2. The molecule has 4 rings (SSSR count). The van der Waals surface area contributed by atoms with Gasteiger partial charge >= 0.3 is 0 Å². The van der Waals surface area contributed by atoms with Crippen molar-refractivity contribution in [1.29, 1.82) is 0 Å². The number of thiazole rings is 1. The number of benzene rings is 2. The normalized spacial score (nSPS) is 16.4. The molecule has 2 aromatic carbocycles. The summed E-state index contributed by atoms with van der Waals surface area (Å²) in [5, 5.41) is 1.48. The van der Waals surface area contributed by atoms with Gasteiger partial charge in [-0.15, -0.1) is 11.3 Å². The second-order valence-corrected chi connectivity index (χ2v) is 10.6. The summed E-state index contributed by atoms with van der Waals surface area (Å²) in [4.78, 5) is 3.23. The lowest BCUT2D eigenvalue weighted by molar-refractivity contribution is 0.267. The Bertz CT molecular complexity index is 1300. The van der Waals surface area contributed by atoms with Crippen LogP contribution in [-0.2, 0) is 10.0 Å². The number of allylic oxidation sites excluding steroid dienone is 1. The van der Waals surface area contributed by atoms with E-state index in [4.69, 9.17) is 27.9 Å². The number of hydrogen-bond acceptors (Lipinski definition) is 5. The maximum atomic E-state index is 14.7. The predicted molar refractivity (Wildman–Crippen MR) is 127 cm³/mol. The highest BCUT2D eigenvalue weighted by Gasteiger charge is 2.25. The summed E-state index contributed by atoms with van der Waals surface area (Å²) in [6, 6.07) is 6.52. The fourth-order valence-electron chi connectivity index (χ4n) is 3.62. The maximum absolute atomic E-state index is 14.7. The van der Waals surface area contributed by atoms with Gasteiger partial charge in [0.2, 0.25) is 0 Å². The first-order chi connectivity index (χ1) is 15.7. The van der Waals surface area contributed by atoms with E-state index in [1.54, 1.807) is 12.1 Å². The zero-order valence-electron chi connectivity index (χ0n) is 17.0. The summed E-state index contributed by atoms with van der Waals surface area (Å²) in [6.45, 7) is 0.184. The van der Waals surface area contributed by atoms with Crippen molar-refractivity contribution in [2.75, 3.05) is 11.3 Å². The lowest BCUT2D eigenvalue weighted by Crippen LogP contribution is -2.18. The van der Waals surface area contributed by atoms with E-state index in [0.717, 1.165) is 42.5 Å². The van der Waals surface area contributed by atoms with Crippen molar-refractivity contribution in [3.05, 3.63) is 74.5 Å². The van der Waals surface area contributed by atoms with Crippen molar-refractivity contribution in [3.8, 4) is 5.75 Å². The highest BCUT2D eigenvalue weighted by atomic mass is 35.5. The third kappa shape index (κ3) is 5.48. The van der Waals surface area contributed by atoms with Crippen LogP contribution in [0.3, 0.4) is 0 Å². The molecule has 1 aromatic heterocycles. The first-order valence-electron chi connectivity index (χ1n) is 9.93. The fraction of sp³-hybridized carbons (Fsp3) is 0.227. The smallest absolute Gasteiger partial charge is 0.266 e. The highest BCUT2D eigenvalue weighted by Crippen LogP contribution is 2.36. The number of rotatable bonds is 7. The minimum atomic E-state index is -4.21. The molecule has 1 aliphatic carbocycles. The highest BCUT2D eigenvalue weighted by molar-refractivity contribution is 7.92. The van der Waals surface area contributed by atoms with Gasteiger partial charge < -0.3 is 4.74 Å². The first kappa shape index (κ1) is 23.9. The lowest BCUT2D eigenvalue weighted by atomic mass is 9.84. The van der Waals surface area contributed by atoms with Crippen molar-refractivity contribution in [3.63, 3.8) is 0 Å². The summed E-state index contributed by atoms with van der Waals surface area (Å²) >= 11 is 13.4. The van der Waals surface area contributed by atoms with Gasteiger partial charge in [0, 0.05) is 17.4 Å². The van der Waals surface area contributed by atoms with Crippen molar-refractivity contribution in [2.45, 2.75) is 24.2 Å². The van der Waals surface area contributed by atoms with Crippen LogP contribution in [0.1, 0.15) is 24.8 Å². The molecule has 0 radical (unpaired) electrons. The zero-order chi connectivity index (χ0) is 23.6. The van der Waals surface area contributed by atoms with E-state index >= 15 is 0 Å². The molecule has 3 aromatic rings. The Hall–Kier alpha value is -2.20. The standard InChI is InChI=1S/C22H18Cl2F2N2O3S2/c23-16-7-13(5-6-18(16)25)15-4-2-1-3-14(15)10-31-20-9-19(26)21(8-17(20)24)33(29,30)28-22-11-32-12-27-22/h4-9,11-12,14,28H,1-3,10H2. The maximum Gasteiger partial charge on any atom is 0.266 e. The number of aromatic nitrogens is 1. The summed E-state index contributed by atoms with van der Waals surface area (Å²) in [5.41, 5.74) is 3.21. The molecule has 5 nitrogen and oxygen atoms in total. The second-order valence-electron chi connectivity index (χ2n) is 7.42. The molecular weight excluding hydrogens is 513 g/mol. The van der Waals surface area contributed by atoms with Crippen LogP contribution in [-0.4, -0.2) is 20.0 Å². The van der Waals surface area contributed by atoms with Gasteiger partial charge in [0.1, 0.15) is 22.3 Å². The summed E-state index contributed by atoms with van der Waals surface area (Å²) in [6.07, 6.45) is 4.68. The molecule has 0 spiro atoms. The van der Waals surface area contributed by atoms with E-state index < -0.39 is 26.6 Å². The average Bonchev–Trinajstić information content (AvgIpc) is 3.28. The molecule has 11 heteroatoms. The molecule has 0 saturated heterocycles. The molecule has 1 unspecified atom stereocenters. The van der Waals surface area contributed by atoms with E-state index in [9.17, 15) is 17.2 Å². The summed E-state index contributed by atoms with van der Waals surface area (Å²) < 4.78 is 61.3. The van der Waals surface area contributed by atoms with Crippen LogP contribution in [0.25, 0.3) is 5.57 Å². The fourth-order valence-corrected chi connectivity index (χ4v) is 5.73. The van der Waals surface area contributed by atoms with Crippen LogP contribution in [0.2, 0.25) is 10.0 Å². The Morgan fingerprint density at radius 1 is 1.15 bits per heavy atom. The molecule has 1 atom stereocenters. The molecule has 0 fully saturated rings. The number of nitrogens with one attached hydrogen (secondary N) is 1. The van der Waals surface area contributed by atoms with Gasteiger partial charge in [-0.2, -0.15) is 0 Å². The van der Waals surface area contributed by atoms with Gasteiger partial charge in [-0.3, -0.25) is 4.72 Å². The molecule has 1 heterocycles. The molecule has 0 saturated carbocycles. The van der Waals surface area contributed by atoms with Gasteiger partial charge in [-0.05, 0) is 48.6 Å². The Balaban J connectivity index is 1.52. The van der Waals surface area contributed by atoms with Crippen LogP contribution in [0.5, 0.6) is 5.75 Å². The van der Waals surface area contributed by atoms with E-state index in [0.29, 0.717) is 0 Å². The van der Waals surface area contributed by atoms with Gasteiger partial charge in [0.05, 0.1) is 22.2 Å². The van der Waals surface area contributed by atoms with E-state index in [1.165, 1.54) is 28.3 Å². The van der Waals surface area contributed by atoms with Crippen molar-refractivity contribution in [2.24, 2.45) is 5.92 Å². The quantitative estimate of drug-likeness (QED) is 0.365. The number of ether oxygens (including phenoxy) is 1. The Kier molecular flexibility index (Phi) is 7.23.